The largest absolute Gasteiger partial charge is 0.396 e. The van der Waals surface area contributed by atoms with E-state index in [1.807, 2.05) is 11.8 Å². The van der Waals surface area contributed by atoms with Crippen LogP contribution in [0.15, 0.2) is 11.0 Å². The molecular weight excluding hydrogens is 144 g/mol. The highest BCUT2D eigenvalue weighted by Crippen LogP contribution is 2.35. The Morgan fingerprint density at radius 1 is 1.80 bits per heavy atom. The molecule has 0 radical (unpaired) electrons. The quantitative estimate of drug-likeness (QED) is 0.679. The summed E-state index contributed by atoms with van der Waals surface area (Å²) >= 11 is 1.94. The van der Waals surface area contributed by atoms with Gasteiger partial charge in [0, 0.05) is 11.9 Å². The van der Waals surface area contributed by atoms with Crippen molar-refractivity contribution in [3.63, 3.8) is 0 Å². The number of aliphatic hydroxyl groups excluding tert-OH is 1. The fraction of sp³-hybridized carbons (Fsp3) is 0.750. The monoisotopic (exact) mass is 158 g/mol. The highest BCUT2D eigenvalue weighted by atomic mass is 32.2. The minimum Gasteiger partial charge on any atom is -0.396 e. The second kappa shape index (κ2) is 4.04. The number of aliphatic hydroxyl groups is 1. The molecule has 1 rings (SSSR count). The van der Waals surface area contributed by atoms with Gasteiger partial charge in [0.25, 0.3) is 0 Å². The average Bonchev–Trinajstić information content (AvgIpc) is 2.37. The number of hydrogen-bond acceptors (Lipinski definition) is 2. The summed E-state index contributed by atoms with van der Waals surface area (Å²) in [7, 11) is 0. The van der Waals surface area contributed by atoms with Crippen LogP contribution in [0.3, 0.4) is 0 Å². The van der Waals surface area contributed by atoms with Crippen molar-refractivity contribution < 1.29 is 5.11 Å². The normalized spacial score (nSPS) is 25.0. The fourth-order valence-electron chi connectivity index (χ4n) is 1.12. The van der Waals surface area contributed by atoms with Crippen molar-refractivity contribution in [2.45, 2.75) is 31.4 Å². The van der Waals surface area contributed by atoms with Crippen LogP contribution in [0.25, 0.3) is 0 Å². The van der Waals surface area contributed by atoms with Gasteiger partial charge in [-0.3, -0.25) is 0 Å². The Balaban J connectivity index is 2.22. The zero-order chi connectivity index (χ0) is 7.40. The Labute approximate surface area is 66.5 Å². The van der Waals surface area contributed by atoms with E-state index < -0.39 is 0 Å². The van der Waals surface area contributed by atoms with Crippen LogP contribution < -0.4 is 0 Å². The van der Waals surface area contributed by atoms with Gasteiger partial charge in [0.15, 0.2) is 0 Å². The van der Waals surface area contributed by atoms with E-state index in [1.54, 1.807) is 0 Å². The summed E-state index contributed by atoms with van der Waals surface area (Å²) in [6.45, 7) is 2.52. The minimum atomic E-state index is 0.336. The van der Waals surface area contributed by atoms with Crippen LogP contribution in [0, 0.1) is 0 Å². The van der Waals surface area contributed by atoms with Crippen LogP contribution in [0.4, 0.5) is 0 Å². The van der Waals surface area contributed by atoms with Crippen LogP contribution >= 0.6 is 11.8 Å². The van der Waals surface area contributed by atoms with Crippen molar-refractivity contribution in [3.8, 4) is 0 Å². The zero-order valence-electron chi connectivity index (χ0n) is 6.34. The molecule has 1 atom stereocenters. The number of thioether (sulfide) groups is 1. The summed E-state index contributed by atoms with van der Waals surface area (Å²) in [5.41, 5.74) is 0. The van der Waals surface area contributed by atoms with Crippen molar-refractivity contribution in [1.29, 1.82) is 0 Å². The molecule has 1 heterocycles. The predicted octanol–water partition coefficient (Wildman–Crippen LogP) is 2.17. The molecule has 0 aliphatic carbocycles. The lowest BCUT2D eigenvalue weighted by Gasteiger charge is -2.05. The van der Waals surface area contributed by atoms with Crippen molar-refractivity contribution in [1.82, 2.24) is 0 Å². The van der Waals surface area contributed by atoms with Crippen molar-refractivity contribution in [2.75, 3.05) is 6.61 Å². The standard InChI is InChI=1S/C8H14OS/c1-2-7-3-4-8(10-7)5-6-9/h3,8-9H,2,4-6H2,1H3. The third-order valence-electron chi connectivity index (χ3n) is 1.73. The summed E-state index contributed by atoms with van der Waals surface area (Å²) < 4.78 is 0. The maximum absolute atomic E-state index is 8.65. The second-order valence-corrected chi connectivity index (χ2v) is 3.94. The molecule has 1 unspecified atom stereocenters. The van der Waals surface area contributed by atoms with Gasteiger partial charge in [-0.2, -0.15) is 0 Å². The Bertz CT molecular complexity index is 131. The number of rotatable bonds is 3. The summed E-state index contributed by atoms with van der Waals surface area (Å²) in [6, 6.07) is 0. The molecule has 1 nitrogen and oxygen atoms in total. The molecule has 0 aromatic heterocycles. The van der Waals surface area contributed by atoms with E-state index in [2.05, 4.69) is 13.0 Å². The van der Waals surface area contributed by atoms with Crippen LogP contribution in [0.1, 0.15) is 26.2 Å². The third-order valence-corrected chi connectivity index (χ3v) is 3.25. The van der Waals surface area contributed by atoms with Crippen molar-refractivity contribution >= 4 is 11.8 Å². The summed E-state index contributed by atoms with van der Waals surface area (Å²) in [5.74, 6) is 0. The van der Waals surface area contributed by atoms with Crippen molar-refractivity contribution in [3.05, 3.63) is 11.0 Å². The zero-order valence-corrected chi connectivity index (χ0v) is 7.16. The van der Waals surface area contributed by atoms with E-state index in [0.29, 0.717) is 11.9 Å². The Morgan fingerprint density at radius 3 is 3.10 bits per heavy atom. The van der Waals surface area contributed by atoms with Gasteiger partial charge < -0.3 is 5.11 Å². The lowest BCUT2D eigenvalue weighted by Crippen LogP contribution is -1.99. The molecule has 0 aromatic carbocycles. The predicted molar refractivity (Wildman–Crippen MR) is 46.1 cm³/mol. The molecular formula is C8H14OS. The highest BCUT2D eigenvalue weighted by molar-refractivity contribution is 8.03. The third kappa shape index (κ3) is 2.03. The lowest BCUT2D eigenvalue weighted by atomic mass is 10.2. The van der Waals surface area contributed by atoms with E-state index in [9.17, 15) is 0 Å². The lowest BCUT2D eigenvalue weighted by molar-refractivity contribution is 0.287. The summed E-state index contributed by atoms with van der Waals surface area (Å²) in [6.07, 6.45) is 5.57. The first kappa shape index (κ1) is 8.15. The second-order valence-electron chi connectivity index (χ2n) is 2.51. The van der Waals surface area contributed by atoms with Crippen molar-refractivity contribution in [2.24, 2.45) is 0 Å². The number of hydrogen-bond donors (Lipinski definition) is 1. The van der Waals surface area contributed by atoms with Crippen LogP contribution in [-0.2, 0) is 0 Å². The molecule has 0 bridgehead atoms. The van der Waals surface area contributed by atoms with Gasteiger partial charge in [-0.25, -0.2) is 0 Å². The molecule has 1 N–H and O–H groups in total. The maximum Gasteiger partial charge on any atom is 0.0441 e. The topological polar surface area (TPSA) is 20.2 Å². The van der Waals surface area contributed by atoms with Gasteiger partial charge in [0.2, 0.25) is 0 Å². The Kier molecular flexibility index (Phi) is 3.29. The van der Waals surface area contributed by atoms with Crippen LogP contribution in [0.5, 0.6) is 0 Å². The molecule has 0 amide bonds. The van der Waals surface area contributed by atoms with Gasteiger partial charge in [-0.05, 0) is 24.2 Å². The molecule has 58 valence electrons. The van der Waals surface area contributed by atoms with E-state index in [4.69, 9.17) is 5.11 Å². The summed E-state index contributed by atoms with van der Waals surface area (Å²) in [4.78, 5) is 1.50. The van der Waals surface area contributed by atoms with E-state index in [0.717, 1.165) is 19.3 Å². The Hall–Kier alpha value is 0.0500. The molecule has 10 heavy (non-hydrogen) atoms. The van der Waals surface area contributed by atoms with Gasteiger partial charge >= 0.3 is 0 Å². The first-order chi connectivity index (χ1) is 4.86. The maximum atomic E-state index is 8.65. The minimum absolute atomic E-state index is 0.336. The van der Waals surface area contributed by atoms with Gasteiger partial charge in [-0.15, -0.1) is 11.8 Å². The molecule has 0 spiro atoms. The Morgan fingerprint density at radius 2 is 2.60 bits per heavy atom. The van der Waals surface area contributed by atoms with E-state index in [1.165, 1.54) is 4.91 Å². The van der Waals surface area contributed by atoms with E-state index >= 15 is 0 Å². The SMILES string of the molecule is CCC1=CCC(CCO)S1. The highest BCUT2D eigenvalue weighted by Gasteiger charge is 2.15. The molecule has 0 saturated carbocycles. The summed E-state index contributed by atoms with van der Waals surface area (Å²) in [5, 5.41) is 9.32. The first-order valence-electron chi connectivity index (χ1n) is 3.83. The molecule has 2 heteroatoms. The fourth-order valence-corrected chi connectivity index (χ4v) is 2.32. The smallest absolute Gasteiger partial charge is 0.0441 e. The molecule has 0 saturated heterocycles. The van der Waals surface area contributed by atoms with Gasteiger partial charge in [0.05, 0.1) is 0 Å². The number of allylic oxidation sites excluding steroid dienone is 2. The molecule has 1 aliphatic rings. The van der Waals surface area contributed by atoms with Gasteiger partial charge in [0.1, 0.15) is 0 Å². The van der Waals surface area contributed by atoms with E-state index in [-0.39, 0.29) is 0 Å². The molecule has 1 aliphatic heterocycles. The first-order valence-corrected chi connectivity index (χ1v) is 4.71. The van der Waals surface area contributed by atoms with Crippen LogP contribution in [-0.4, -0.2) is 17.0 Å². The average molecular weight is 158 g/mol. The molecule has 0 fully saturated rings. The van der Waals surface area contributed by atoms with Crippen LogP contribution in [0.2, 0.25) is 0 Å². The van der Waals surface area contributed by atoms with Gasteiger partial charge in [-0.1, -0.05) is 13.0 Å². The molecule has 0 aromatic rings.